The molecule has 2 aliphatic rings. The van der Waals surface area contributed by atoms with Crippen LogP contribution < -0.4 is 10.6 Å². The molecular formula is C21H18N4O5. The Morgan fingerprint density at radius 2 is 1.93 bits per heavy atom. The Kier molecular flexibility index (Phi) is 4.35. The van der Waals surface area contributed by atoms with Gasteiger partial charge in [-0.2, -0.15) is 0 Å². The van der Waals surface area contributed by atoms with Gasteiger partial charge in [0, 0.05) is 23.6 Å². The van der Waals surface area contributed by atoms with Gasteiger partial charge < -0.3 is 19.8 Å². The predicted molar refractivity (Wildman–Crippen MR) is 105 cm³/mol. The Morgan fingerprint density at radius 3 is 2.67 bits per heavy atom. The second-order valence-corrected chi connectivity index (χ2v) is 7.21. The first-order valence-electron chi connectivity index (χ1n) is 9.48. The zero-order chi connectivity index (χ0) is 20.7. The number of hydrogen-bond acceptors (Lipinski definition) is 9. The van der Waals surface area contributed by atoms with Crippen molar-refractivity contribution in [3.63, 3.8) is 0 Å². The molecule has 1 aliphatic heterocycles. The average Bonchev–Trinajstić information content (AvgIpc) is 3.42. The molecule has 5 rings (SSSR count). The standard InChI is InChI=1S/C21H18N4O5/c1-28-21(27)12-6-4-11(5-7-12)18-17-14(22-19-20(23-18)25-30-24-19)9-13(10-15(17)26)16-3-2-8-29-16/h2-8,13,18H,9-10H2,1H3,(H,22,24)(H,23,25)/t13-,18+/m0/s1. The third kappa shape index (κ3) is 3.04. The Morgan fingerprint density at radius 1 is 1.13 bits per heavy atom. The molecule has 3 heterocycles. The summed E-state index contributed by atoms with van der Waals surface area (Å²) in [5.74, 6) is 1.11. The van der Waals surface area contributed by atoms with E-state index < -0.39 is 12.0 Å². The first-order valence-corrected chi connectivity index (χ1v) is 9.48. The van der Waals surface area contributed by atoms with E-state index in [1.165, 1.54) is 7.11 Å². The van der Waals surface area contributed by atoms with E-state index in [1.807, 2.05) is 12.1 Å². The van der Waals surface area contributed by atoms with Crippen molar-refractivity contribution in [1.29, 1.82) is 0 Å². The topological polar surface area (TPSA) is 119 Å². The molecule has 1 aromatic carbocycles. The van der Waals surface area contributed by atoms with Gasteiger partial charge in [-0.05, 0) is 46.6 Å². The number of nitrogens with one attached hydrogen (secondary N) is 2. The summed E-state index contributed by atoms with van der Waals surface area (Å²) in [5, 5.41) is 14.3. The Balaban J connectivity index is 1.56. The van der Waals surface area contributed by atoms with Gasteiger partial charge in [0.1, 0.15) is 5.76 Å². The molecule has 0 amide bonds. The zero-order valence-corrected chi connectivity index (χ0v) is 16.0. The van der Waals surface area contributed by atoms with E-state index in [4.69, 9.17) is 13.8 Å². The van der Waals surface area contributed by atoms with Crippen molar-refractivity contribution in [1.82, 2.24) is 10.3 Å². The highest BCUT2D eigenvalue weighted by Crippen LogP contribution is 2.43. The molecule has 0 saturated carbocycles. The summed E-state index contributed by atoms with van der Waals surface area (Å²) >= 11 is 0. The number of carbonyl (C=O) groups excluding carboxylic acids is 2. The van der Waals surface area contributed by atoms with E-state index in [0.717, 1.165) is 17.0 Å². The van der Waals surface area contributed by atoms with E-state index in [-0.39, 0.29) is 11.7 Å². The van der Waals surface area contributed by atoms with Crippen LogP contribution in [0.2, 0.25) is 0 Å². The lowest BCUT2D eigenvalue weighted by Gasteiger charge is -2.28. The van der Waals surface area contributed by atoms with Crippen LogP contribution >= 0.6 is 0 Å². The number of esters is 1. The lowest BCUT2D eigenvalue weighted by molar-refractivity contribution is -0.116. The molecule has 0 bridgehead atoms. The normalized spacial score (nSPS) is 20.5. The summed E-state index contributed by atoms with van der Waals surface area (Å²) < 4.78 is 15.2. The van der Waals surface area contributed by atoms with E-state index in [1.54, 1.807) is 30.5 Å². The number of methoxy groups -OCH3 is 1. The first kappa shape index (κ1) is 18.2. The van der Waals surface area contributed by atoms with Crippen molar-refractivity contribution in [2.45, 2.75) is 24.8 Å². The van der Waals surface area contributed by atoms with Crippen LogP contribution in [0.15, 0.2) is 63.0 Å². The van der Waals surface area contributed by atoms with Crippen LogP contribution in [0.1, 0.15) is 46.5 Å². The zero-order valence-electron chi connectivity index (χ0n) is 16.0. The van der Waals surface area contributed by atoms with Crippen molar-refractivity contribution >= 4 is 23.4 Å². The number of allylic oxidation sites excluding steroid dienone is 1. The molecule has 9 heteroatoms. The minimum atomic E-state index is -0.475. The third-order valence-corrected chi connectivity index (χ3v) is 5.45. The van der Waals surface area contributed by atoms with E-state index in [9.17, 15) is 9.59 Å². The smallest absolute Gasteiger partial charge is 0.337 e. The fourth-order valence-electron chi connectivity index (χ4n) is 4.01. The van der Waals surface area contributed by atoms with Crippen LogP contribution in [0.25, 0.3) is 0 Å². The van der Waals surface area contributed by atoms with Crippen molar-refractivity contribution in [3.05, 3.63) is 70.8 Å². The molecule has 9 nitrogen and oxygen atoms in total. The number of aromatic nitrogens is 2. The highest BCUT2D eigenvalue weighted by Gasteiger charge is 2.38. The van der Waals surface area contributed by atoms with Gasteiger partial charge in [-0.15, -0.1) is 0 Å². The number of fused-ring (bicyclic) bond motifs is 1. The van der Waals surface area contributed by atoms with Crippen LogP contribution in [0.3, 0.4) is 0 Å². The molecule has 0 saturated heterocycles. The number of anilines is 2. The number of ketones is 1. The lowest BCUT2D eigenvalue weighted by atomic mass is 9.80. The van der Waals surface area contributed by atoms with Crippen molar-refractivity contribution in [2.24, 2.45) is 0 Å². The Hall–Kier alpha value is -3.88. The largest absolute Gasteiger partial charge is 0.469 e. The number of hydrogen-bond donors (Lipinski definition) is 2. The molecule has 30 heavy (non-hydrogen) atoms. The molecule has 1 aliphatic carbocycles. The summed E-state index contributed by atoms with van der Waals surface area (Å²) in [5.41, 5.74) is 2.59. The van der Waals surface area contributed by atoms with Gasteiger partial charge in [0.15, 0.2) is 5.78 Å². The van der Waals surface area contributed by atoms with E-state index in [2.05, 4.69) is 20.9 Å². The number of rotatable bonds is 3. The predicted octanol–water partition coefficient (Wildman–Crippen LogP) is 3.43. The minimum Gasteiger partial charge on any atom is -0.469 e. The summed E-state index contributed by atoms with van der Waals surface area (Å²) in [4.78, 5) is 25.0. The minimum absolute atomic E-state index is 0.00165. The van der Waals surface area contributed by atoms with Gasteiger partial charge in [-0.3, -0.25) is 4.79 Å². The molecule has 3 aromatic rings. The molecule has 0 fully saturated rings. The third-order valence-electron chi connectivity index (χ3n) is 5.45. The Labute approximate surface area is 171 Å². The average molecular weight is 406 g/mol. The van der Waals surface area contributed by atoms with E-state index >= 15 is 0 Å². The lowest BCUT2D eigenvalue weighted by Crippen LogP contribution is -2.27. The van der Waals surface area contributed by atoms with Crippen molar-refractivity contribution < 1.29 is 23.4 Å². The van der Waals surface area contributed by atoms with Gasteiger partial charge in [0.25, 0.3) is 0 Å². The number of carbonyl (C=O) groups is 2. The maximum absolute atomic E-state index is 13.2. The number of benzene rings is 1. The molecular weight excluding hydrogens is 388 g/mol. The van der Waals surface area contributed by atoms with Crippen molar-refractivity contribution in [2.75, 3.05) is 17.7 Å². The molecule has 2 aromatic heterocycles. The van der Waals surface area contributed by atoms with Gasteiger partial charge in [0.2, 0.25) is 11.6 Å². The van der Waals surface area contributed by atoms with Gasteiger partial charge >= 0.3 is 5.97 Å². The summed E-state index contributed by atoms with van der Waals surface area (Å²) in [7, 11) is 1.33. The SMILES string of the molecule is COC(=O)c1ccc([C@H]2Nc3nonc3NC3=C2C(=O)C[C@@H](c2ccco2)C3)cc1. The van der Waals surface area contributed by atoms with E-state index in [0.29, 0.717) is 35.6 Å². The molecule has 0 unspecified atom stereocenters. The van der Waals surface area contributed by atoms with Gasteiger partial charge in [-0.25, -0.2) is 9.42 Å². The molecule has 0 radical (unpaired) electrons. The van der Waals surface area contributed by atoms with Gasteiger partial charge in [-0.1, -0.05) is 12.1 Å². The first-order chi connectivity index (χ1) is 14.6. The number of furan rings is 1. The Bertz CT molecular complexity index is 1130. The fourth-order valence-corrected chi connectivity index (χ4v) is 4.01. The maximum Gasteiger partial charge on any atom is 0.337 e. The summed E-state index contributed by atoms with van der Waals surface area (Å²) in [6, 6.07) is 10.1. The van der Waals surface area contributed by atoms with Crippen molar-refractivity contribution in [3.8, 4) is 0 Å². The second-order valence-electron chi connectivity index (χ2n) is 7.21. The fraction of sp³-hybridized carbons (Fsp3) is 0.238. The number of ether oxygens (including phenoxy) is 1. The molecule has 2 N–H and O–H groups in total. The van der Waals surface area contributed by atoms with Crippen LogP contribution in [0, 0.1) is 0 Å². The van der Waals surface area contributed by atoms with Crippen LogP contribution in [0.4, 0.5) is 11.6 Å². The van der Waals surface area contributed by atoms with Crippen LogP contribution in [-0.2, 0) is 9.53 Å². The quantitative estimate of drug-likeness (QED) is 0.630. The van der Waals surface area contributed by atoms with Crippen LogP contribution in [-0.4, -0.2) is 29.2 Å². The highest BCUT2D eigenvalue weighted by atomic mass is 16.6. The molecule has 2 atom stereocenters. The van der Waals surface area contributed by atoms with Gasteiger partial charge in [0.05, 0.1) is 25.0 Å². The molecule has 0 spiro atoms. The summed E-state index contributed by atoms with van der Waals surface area (Å²) in [6.07, 6.45) is 2.53. The summed E-state index contributed by atoms with van der Waals surface area (Å²) in [6.45, 7) is 0. The second kappa shape index (κ2) is 7.18. The number of Topliss-reactive ketones (excluding diaryl/α,β-unsaturated/α-hetero) is 1. The molecule has 152 valence electrons. The highest BCUT2D eigenvalue weighted by molar-refractivity contribution is 6.00. The monoisotopic (exact) mass is 406 g/mol. The number of nitrogens with zero attached hydrogens (tertiary/aromatic N) is 2. The van der Waals surface area contributed by atoms with Crippen LogP contribution in [0.5, 0.6) is 0 Å². The maximum atomic E-state index is 13.2.